The average molecular weight is 485 g/mol. The number of rotatable bonds is 5. The zero-order chi connectivity index (χ0) is 24.8. The standard InChI is InChI=1S/C30H32F4O/c1-2-3-4-5-21-6-11-23(12-7-21)25-16-19-28-26(20-25)15-14-24(29(28)31)13-8-22-9-17-27(18-10-22)35-30(32,33)34/h2-3,9-10,14-15,17-18,21,23,25H,4-7,11-12,16,19-20H2,1H3/b3-2+. The summed E-state index contributed by atoms with van der Waals surface area (Å²) in [6.07, 6.45) is 10.1. The lowest BCUT2D eigenvalue weighted by atomic mass is 9.69. The highest BCUT2D eigenvalue weighted by Crippen LogP contribution is 2.41. The Morgan fingerprint density at radius 2 is 1.69 bits per heavy atom. The van der Waals surface area contributed by atoms with Gasteiger partial charge in [-0.2, -0.15) is 0 Å². The van der Waals surface area contributed by atoms with Crippen molar-refractivity contribution in [3.63, 3.8) is 0 Å². The van der Waals surface area contributed by atoms with Crippen LogP contribution in [-0.2, 0) is 12.8 Å². The monoisotopic (exact) mass is 484 g/mol. The number of ether oxygens (including phenoxy) is 1. The van der Waals surface area contributed by atoms with Gasteiger partial charge in [-0.3, -0.25) is 0 Å². The van der Waals surface area contributed by atoms with Crippen molar-refractivity contribution >= 4 is 0 Å². The first kappa shape index (κ1) is 25.4. The lowest BCUT2D eigenvalue weighted by Crippen LogP contribution is -2.27. The van der Waals surface area contributed by atoms with E-state index in [1.807, 2.05) is 6.07 Å². The van der Waals surface area contributed by atoms with E-state index in [2.05, 4.69) is 35.7 Å². The van der Waals surface area contributed by atoms with Crippen molar-refractivity contribution in [3.8, 4) is 17.6 Å². The van der Waals surface area contributed by atoms with Crippen molar-refractivity contribution in [3.05, 3.63) is 76.6 Å². The van der Waals surface area contributed by atoms with Crippen molar-refractivity contribution in [2.75, 3.05) is 0 Å². The van der Waals surface area contributed by atoms with Gasteiger partial charge in [0.25, 0.3) is 0 Å². The fraction of sp³-hybridized carbons (Fsp3) is 0.467. The van der Waals surface area contributed by atoms with Gasteiger partial charge in [-0.05, 0) is 111 Å². The second-order valence-electron chi connectivity index (χ2n) is 9.82. The molecule has 4 rings (SSSR count). The van der Waals surface area contributed by atoms with E-state index < -0.39 is 6.36 Å². The maximum Gasteiger partial charge on any atom is 0.573 e. The minimum atomic E-state index is -4.73. The van der Waals surface area contributed by atoms with Crippen molar-refractivity contribution in [2.45, 2.75) is 71.1 Å². The molecular formula is C30H32F4O. The zero-order valence-corrected chi connectivity index (χ0v) is 20.1. The van der Waals surface area contributed by atoms with Gasteiger partial charge in [-0.1, -0.05) is 42.9 Å². The first-order valence-electron chi connectivity index (χ1n) is 12.6. The predicted molar refractivity (Wildman–Crippen MR) is 131 cm³/mol. The van der Waals surface area contributed by atoms with Crippen molar-refractivity contribution in [2.24, 2.45) is 17.8 Å². The molecule has 0 spiro atoms. The molecule has 2 aliphatic carbocycles. The summed E-state index contributed by atoms with van der Waals surface area (Å²) in [7, 11) is 0. The van der Waals surface area contributed by atoms with E-state index in [9.17, 15) is 13.2 Å². The van der Waals surface area contributed by atoms with Crippen molar-refractivity contribution in [1.29, 1.82) is 0 Å². The summed E-state index contributed by atoms with van der Waals surface area (Å²) in [5.74, 6) is 7.38. The number of hydrogen-bond acceptors (Lipinski definition) is 1. The third-order valence-corrected chi connectivity index (χ3v) is 7.55. The number of benzene rings is 2. The van der Waals surface area contributed by atoms with E-state index in [0.29, 0.717) is 17.0 Å². The molecular weight excluding hydrogens is 452 g/mol. The van der Waals surface area contributed by atoms with E-state index in [-0.39, 0.29) is 11.6 Å². The first-order valence-corrected chi connectivity index (χ1v) is 12.6. The highest BCUT2D eigenvalue weighted by molar-refractivity contribution is 5.48. The van der Waals surface area contributed by atoms with Gasteiger partial charge < -0.3 is 4.74 Å². The molecule has 2 aliphatic rings. The van der Waals surface area contributed by atoms with Crippen LogP contribution in [0.4, 0.5) is 17.6 Å². The smallest absolute Gasteiger partial charge is 0.406 e. The normalized spacial score (nSPS) is 22.4. The second-order valence-corrected chi connectivity index (χ2v) is 9.82. The fourth-order valence-electron chi connectivity index (χ4n) is 5.66. The Bertz CT molecular complexity index is 1080. The maximum absolute atomic E-state index is 15.2. The van der Waals surface area contributed by atoms with Gasteiger partial charge in [-0.15, -0.1) is 13.2 Å². The van der Waals surface area contributed by atoms with E-state index in [1.54, 1.807) is 6.07 Å². The van der Waals surface area contributed by atoms with Crippen LogP contribution in [0.5, 0.6) is 5.75 Å². The van der Waals surface area contributed by atoms with Crippen LogP contribution >= 0.6 is 0 Å². The van der Waals surface area contributed by atoms with Crippen LogP contribution in [-0.4, -0.2) is 6.36 Å². The van der Waals surface area contributed by atoms with Gasteiger partial charge in [0.2, 0.25) is 0 Å². The molecule has 1 atom stereocenters. The van der Waals surface area contributed by atoms with E-state index in [1.165, 1.54) is 62.8 Å². The van der Waals surface area contributed by atoms with Crippen LogP contribution < -0.4 is 4.74 Å². The Balaban J connectivity index is 1.37. The summed E-state index contributed by atoms with van der Waals surface area (Å²) >= 11 is 0. The molecule has 5 heteroatoms. The third kappa shape index (κ3) is 6.90. The minimum Gasteiger partial charge on any atom is -0.406 e. The summed E-state index contributed by atoms with van der Waals surface area (Å²) < 4.78 is 56.0. The summed E-state index contributed by atoms with van der Waals surface area (Å²) in [6, 6.07) is 9.03. The molecule has 0 aromatic heterocycles. The summed E-state index contributed by atoms with van der Waals surface area (Å²) in [6.45, 7) is 2.08. The number of hydrogen-bond donors (Lipinski definition) is 0. The Morgan fingerprint density at radius 1 is 0.943 bits per heavy atom. The van der Waals surface area contributed by atoms with Crippen LogP contribution in [0.15, 0.2) is 48.6 Å². The van der Waals surface area contributed by atoms with Gasteiger partial charge in [0, 0.05) is 5.56 Å². The fourth-order valence-corrected chi connectivity index (χ4v) is 5.66. The number of allylic oxidation sites excluding steroid dienone is 2. The van der Waals surface area contributed by atoms with Gasteiger partial charge in [0.05, 0.1) is 5.56 Å². The first-order chi connectivity index (χ1) is 16.8. The Kier molecular flexibility index (Phi) is 8.21. The predicted octanol–water partition coefficient (Wildman–Crippen LogP) is 8.39. The molecule has 35 heavy (non-hydrogen) atoms. The van der Waals surface area contributed by atoms with Crippen LogP contribution in [0.2, 0.25) is 0 Å². The summed E-state index contributed by atoms with van der Waals surface area (Å²) in [5, 5.41) is 0. The molecule has 1 saturated carbocycles. The summed E-state index contributed by atoms with van der Waals surface area (Å²) in [5.41, 5.74) is 2.72. The quantitative estimate of drug-likeness (QED) is 0.235. The van der Waals surface area contributed by atoms with Crippen molar-refractivity contribution in [1.82, 2.24) is 0 Å². The molecule has 0 N–H and O–H groups in total. The highest BCUT2D eigenvalue weighted by Gasteiger charge is 2.32. The van der Waals surface area contributed by atoms with E-state index in [4.69, 9.17) is 0 Å². The molecule has 1 nitrogen and oxygen atoms in total. The molecule has 2 aromatic rings. The zero-order valence-electron chi connectivity index (χ0n) is 20.1. The van der Waals surface area contributed by atoms with Gasteiger partial charge in [-0.25, -0.2) is 4.39 Å². The number of fused-ring (bicyclic) bond motifs is 1. The number of alkyl halides is 3. The second kappa shape index (κ2) is 11.3. The van der Waals surface area contributed by atoms with Gasteiger partial charge in [0.1, 0.15) is 11.6 Å². The van der Waals surface area contributed by atoms with E-state index >= 15 is 4.39 Å². The SMILES string of the molecule is C/C=C/CCC1CCC(C2CCc3c(ccc(C#Cc4ccc(OC(F)(F)F)cc4)c3F)C2)CC1. The molecule has 0 amide bonds. The van der Waals surface area contributed by atoms with Gasteiger partial charge in [0.15, 0.2) is 0 Å². The van der Waals surface area contributed by atoms with Crippen LogP contribution in [0.25, 0.3) is 0 Å². The van der Waals surface area contributed by atoms with Crippen LogP contribution in [0.1, 0.15) is 74.1 Å². The lowest BCUT2D eigenvalue weighted by molar-refractivity contribution is -0.274. The van der Waals surface area contributed by atoms with Gasteiger partial charge >= 0.3 is 6.36 Å². The largest absolute Gasteiger partial charge is 0.573 e. The maximum atomic E-state index is 15.2. The number of halogens is 4. The average Bonchev–Trinajstić information content (AvgIpc) is 2.84. The molecule has 0 bridgehead atoms. The molecule has 1 unspecified atom stereocenters. The van der Waals surface area contributed by atoms with E-state index in [0.717, 1.165) is 42.2 Å². The Labute approximate surface area is 205 Å². The third-order valence-electron chi connectivity index (χ3n) is 7.55. The molecule has 1 fully saturated rings. The molecule has 0 radical (unpaired) electrons. The molecule has 2 aromatic carbocycles. The van der Waals surface area contributed by atoms with Crippen LogP contribution in [0, 0.1) is 35.4 Å². The van der Waals surface area contributed by atoms with Crippen LogP contribution in [0.3, 0.4) is 0 Å². The molecule has 0 saturated heterocycles. The molecule has 0 heterocycles. The van der Waals surface area contributed by atoms with Crippen molar-refractivity contribution < 1.29 is 22.3 Å². The summed E-state index contributed by atoms with van der Waals surface area (Å²) in [4.78, 5) is 0. The Hall–Kier alpha value is -2.74. The molecule has 186 valence electrons. The Morgan fingerprint density at radius 3 is 2.37 bits per heavy atom. The topological polar surface area (TPSA) is 9.23 Å². The lowest BCUT2D eigenvalue weighted by Gasteiger charge is -2.36. The molecule has 0 aliphatic heterocycles. The highest BCUT2D eigenvalue weighted by atomic mass is 19.4. The minimum absolute atomic E-state index is 0.252.